The van der Waals surface area contributed by atoms with Crippen molar-refractivity contribution in [1.82, 2.24) is 15.0 Å². The summed E-state index contributed by atoms with van der Waals surface area (Å²) in [4.78, 5) is 15.0. The molecule has 2 heterocycles. The van der Waals surface area contributed by atoms with Gasteiger partial charge in [0.05, 0.1) is 0 Å². The molecule has 0 aliphatic carbocycles. The van der Waals surface area contributed by atoms with Gasteiger partial charge in [-0.3, -0.25) is 0 Å². The first kappa shape index (κ1) is 24.4. The van der Waals surface area contributed by atoms with Crippen LogP contribution in [0.15, 0.2) is 127 Å². The molecule has 0 bridgehead atoms. The summed E-state index contributed by atoms with van der Waals surface area (Å²) < 4.78 is 6.56. The first-order chi connectivity index (χ1) is 20.5. The number of rotatable bonds is 3. The minimum Gasteiger partial charge on any atom is -0.482 e. The fraction of sp³-hybridized carbons (Fsp3) is 0.0789. The monoisotopic (exact) mass is 541 g/mol. The van der Waals surface area contributed by atoms with Crippen LogP contribution in [0, 0.1) is 0 Å². The molecular weight excluding hydrogens is 514 g/mol. The van der Waals surface area contributed by atoms with E-state index < -0.39 is 5.60 Å². The Morgan fingerprint density at radius 3 is 1.52 bits per heavy atom. The van der Waals surface area contributed by atoms with Crippen molar-refractivity contribution in [2.75, 3.05) is 0 Å². The van der Waals surface area contributed by atoms with Crippen LogP contribution in [0.2, 0.25) is 0 Å². The molecule has 0 spiro atoms. The number of benzene rings is 6. The standard InChI is InChI=1S/C38H27N3O/c1-38(2)33-14-8-7-13-31(33)32-20-19-30(23-34(32)42-38)37-40-35(28-17-15-24-9-3-5-11-26(24)21-28)39-36(41-37)29-18-16-25-10-4-6-12-27(25)22-29/h3-23H,1-2H3. The van der Waals surface area contributed by atoms with Gasteiger partial charge in [-0.05, 0) is 65.2 Å². The minimum absolute atomic E-state index is 0.451. The van der Waals surface area contributed by atoms with E-state index in [9.17, 15) is 0 Å². The molecule has 7 aromatic rings. The SMILES string of the molecule is CC1(C)Oc2cc(-c3nc(-c4ccc5ccccc5c4)nc(-c4ccc5ccccc5c4)n3)ccc2-c2ccccc21. The fourth-order valence-corrected chi connectivity index (χ4v) is 5.96. The number of nitrogens with zero attached hydrogens (tertiary/aromatic N) is 3. The molecule has 0 atom stereocenters. The molecule has 0 radical (unpaired) electrons. The highest BCUT2D eigenvalue weighted by Crippen LogP contribution is 2.46. The van der Waals surface area contributed by atoms with Gasteiger partial charge in [0.25, 0.3) is 0 Å². The largest absolute Gasteiger partial charge is 0.482 e. The van der Waals surface area contributed by atoms with Gasteiger partial charge in [-0.2, -0.15) is 0 Å². The zero-order valence-electron chi connectivity index (χ0n) is 23.4. The smallest absolute Gasteiger partial charge is 0.164 e. The molecule has 0 N–H and O–H groups in total. The summed E-state index contributed by atoms with van der Waals surface area (Å²) in [5.74, 6) is 2.71. The van der Waals surface area contributed by atoms with E-state index >= 15 is 0 Å². The van der Waals surface area contributed by atoms with Gasteiger partial charge in [0.1, 0.15) is 11.4 Å². The van der Waals surface area contributed by atoms with Crippen molar-refractivity contribution in [3.63, 3.8) is 0 Å². The fourth-order valence-electron chi connectivity index (χ4n) is 5.96. The van der Waals surface area contributed by atoms with E-state index in [2.05, 4.69) is 141 Å². The summed E-state index contributed by atoms with van der Waals surface area (Å²) in [6.07, 6.45) is 0. The number of fused-ring (bicyclic) bond motifs is 5. The second-order valence-electron chi connectivity index (χ2n) is 11.3. The van der Waals surface area contributed by atoms with Crippen molar-refractivity contribution in [1.29, 1.82) is 0 Å². The van der Waals surface area contributed by atoms with Crippen LogP contribution in [0.5, 0.6) is 5.75 Å². The maximum atomic E-state index is 6.56. The Hall–Kier alpha value is -5.35. The Morgan fingerprint density at radius 2 is 0.929 bits per heavy atom. The summed E-state index contributed by atoms with van der Waals surface area (Å²) in [5, 5.41) is 4.65. The first-order valence-electron chi connectivity index (χ1n) is 14.2. The van der Waals surface area contributed by atoms with Crippen molar-refractivity contribution in [3.8, 4) is 51.0 Å². The third-order valence-corrected chi connectivity index (χ3v) is 8.12. The van der Waals surface area contributed by atoms with Crippen molar-refractivity contribution in [2.45, 2.75) is 19.4 Å². The lowest BCUT2D eigenvalue weighted by Crippen LogP contribution is -2.29. The van der Waals surface area contributed by atoms with E-state index in [1.54, 1.807) is 0 Å². The molecule has 42 heavy (non-hydrogen) atoms. The van der Waals surface area contributed by atoms with Gasteiger partial charge < -0.3 is 4.74 Å². The Balaban J connectivity index is 1.31. The summed E-state index contributed by atoms with van der Waals surface area (Å²) in [6.45, 7) is 4.22. The molecule has 1 aromatic heterocycles. The van der Waals surface area contributed by atoms with Crippen molar-refractivity contribution < 1.29 is 4.74 Å². The molecule has 1 aliphatic heterocycles. The quantitative estimate of drug-likeness (QED) is 0.223. The van der Waals surface area contributed by atoms with Gasteiger partial charge in [-0.25, -0.2) is 15.0 Å². The molecule has 0 saturated heterocycles. The van der Waals surface area contributed by atoms with E-state index in [-0.39, 0.29) is 0 Å². The first-order valence-corrected chi connectivity index (χ1v) is 14.2. The van der Waals surface area contributed by atoms with Gasteiger partial charge in [-0.1, -0.05) is 103 Å². The highest BCUT2D eigenvalue weighted by molar-refractivity contribution is 5.88. The molecular formula is C38H27N3O. The summed E-state index contributed by atoms with van der Waals surface area (Å²) in [7, 11) is 0. The van der Waals surface area contributed by atoms with Crippen LogP contribution in [0.4, 0.5) is 0 Å². The third kappa shape index (κ3) is 4.11. The van der Waals surface area contributed by atoms with E-state index in [1.807, 2.05) is 0 Å². The van der Waals surface area contributed by atoms with Gasteiger partial charge in [0, 0.05) is 27.8 Å². The van der Waals surface area contributed by atoms with Gasteiger partial charge in [-0.15, -0.1) is 0 Å². The van der Waals surface area contributed by atoms with Crippen LogP contribution < -0.4 is 4.74 Å². The summed E-state index contributed by atoms with van der Waals surface area (Å²) in [5.41, 5.74) is 5.78. The van der Waals surface area contributed by atoms with Gasteiger partial charge in [0.15, 0.2) is 17.5 Å². The average molecular weight is 542 g/mol. The summed E-state index contributed by atoms with van der Waals surface area (Å²) in [6, 6.07) is 44.1. The topological polar surface area (TPSA) is 47.9 Å². The number of aromatic nitrogens is 3. The van der Waals surface area contributed by atoms with Gasteiger partial charge in [0.2, 0.25) is 0 Å². The maximum absolute atomic E-state index is 6.56. The van der Waals surface area contributed by atoms with Crippen LogP contribution in [0.3, 0.4) is 0 Å². The predicted molar refractivity (Wildman–Crippen MR) is 170 cm³/mol. The lowest BCUT2D eigenvalue weighted by atomic mass is 9.86. The zero-order valence-corrected chi connectivity index (χ0v) is 23.4. The number of ether oxygens (including phenoxy) is 1. The zero-order chi connectivity index (χ0) is 28.3. The van der Waals surface area contributed by atoms with Crippen molar-refractivity contribution in [3.05, 3.63) is 133 Å². The lowest BCUT2D eigenvalue weighted by Gasteiger charge is -2.35. The van der Waals surface area contributed by atoms with E-state index in [0.29, 0.717) is 17.5 Å². The van der Waals surface area contributed by atoms with Crippen LogP contribution in [-0.2, 0) is 5.60 Å². The van der Waals surface area contributed by atoms with Crippen molar-refractivity contribution >= 4 is 21.5 Å². The van der Waals surface area contributed by atoms with Crippen LogP contribution >= 0.6 is 0 Å². The summed E-state index contributed by atoms with van der Waals surface area (Å²) >= 11 is 0. The molecule has 6 aromatic carbocycles. The lowest BCUT2D eigenvalue weighted by molar-refractivity contribution is 0.106. The van der Waals surface area contributed by atoms with Crippen molar-refractivity contribution in [2.24, 2.45) is 0 Å². The molecule has 0 fully saturated rings. The van der Waals surface area contributed by atoms with Crippen LogP contribution in [0.25, 0.3) is 66.8 Å². The minimum atomic E-state index is -0.451. The molecule has 0 unspecified atom stereocenters. The van der Waals surface area contributed by atoms with Crippen LogP contribution in [-0.4, -0.2) is 15.0 Å². The third-order valence-electron chi connectivity index (χ3n) is 8.12. The average Bonchev–Trinajstić information content (AvgIpc) is 3.03. The molecule has 4 nitrogen and oxygen atoms in total. The Labute approximate surface area is 244 Å². The second kappa shape index (κ2) is 9.35. The highest BCUT2D eigenvalue weighted by Gasteiger charge is 2.32. The normalized spacial score (nSPS) is 13.4. The van der Waals surface area contributed by atoms with E-state index in [1.165, 1.54) is 21.9 Å². The Bertz CT molecular complexity index is 2070. The molecule has 0 saturated carbocycles. The molecule has 1 aliphatic rings. The highest BCUT2D eigenvalue weighted by atomic mass is 16.5. The number of hydrogen-bond acceptors (Lipinski definition) is 4. The van der Waals surface area contributed by atoms with E-state index in [0.717, 1.165) is 38.8 Å². The Kier molecular flexibility index (Phi) is 5.44. The van der Waals surface area contributed by atoms with Crippen LogP contribution in [0.1, 0.15) is 19.4 Å². The molecule has 200 valence electrons. The van der Waals surface area contributed by atoms with E-state index in [4.69, 9.17) is 19.7 Å². The maximum Gasteiger partial charge on any atom is 0.164 e. The predicted octanol–water partition coefficient (Wildman–Crippen LogP) is 9.47. The van der Waals surface area contributed by atoms with Gasteiger partial charge >= 0.3 is 0 Å². The number of hydrogen-bond donors (Lipinski definition) is 0. The molecule has 4 heteroatoms. The molecule has 0 amide bonds. The Morgan fingerprint density at radius 1 is 0.452 bits per heavy atom. The second-order valence-corrected chi connectivity index (χ2v) is 11.3. The molecule has 8 rings (SSSR count).